The van der Waals surface area contributed by atoms with Gasteiger partial charge in [0.2, 0.25) is 6.41 Å². The maximum atomic E-state index is 11.4. The standard InChI is InChI=1S/C16H21N3O3/c1-13-4-5-14(16(8-13)22-3)10-18(12-20)15-9-17-19(11-15)6-7-21-2/h4-5,8-9,11-12H,6-7,10H2,1-3H3. The lowest BCUT2D eigenvalue weighted by atomic mass is 10.1. The number of carbonyl (C=O) groups excluding carboxylic acids is 1. The zero-order valence-electron chi connectivity index (χ0n) is 13.2. The summed E-state index contributed by atoms with van der Waals surface area (Å²) in [6.45, 7) is 3.66. The first-order valence-corrected chi connectivity index (χ1v) is 7.04. The Hall–Kier alpha value is -2.34. The summed E-state index contributed by atoms with van der Waals surface area (Å²) in [5.74, 6) is 0.777. The van der Waals surface area contributed by atoms with Crippen molar-refractivity contribution in [2.24, 2.45) is 0 Å². The molecule has 0 aliphatic rings. The van der Waals surface area contributed by atoms with E-state index in [4.69, 9.17) is 9.47 Å². The van der Waals surface area contributed by atoms with Gasteiger partial charge in [0.05, 0.1) is 38.7 Å². The summed E-state index contributed by atoms with van der Waals surface area (Å²) in [6.07, 6.45) is 4.30. The number of ether oxygens (including phenoxy) is 2. The first-order valence-electron chi connectivity index (χ1n) is 7.04. The van der Waals surface area contributed by atoms with E-state index in [1.165, 1.54) is 0 Å². The molecule has 1 heterocycles. The number of benzene rings is 1. The molecule has 0 unspecified atom stereocenters. The number of methoxy groups -OCH3 is 2. The lowest BCUT2D eigenvalue weighted by Gasteiger charge is -2.17. The Morgan fingerprint density at radius 2 is 2.18 bits per heavy atom. The summed E-state index contributed by atoms with van der Waals surface area (Å²) >= 11 is 0. The molecule has 0 N–H and O–H groups in total. The van der Waals surface area contributed by atoms with E-state index in [9.17, 15) is 4.79 Å². The van der Waals surface area contributed by atoms with Gasteiger partial charge in [-0.05, 0) is 18.6 Å². The summed E-state index contributed by atoms with van der Waals surface area (Å²) in [5, 5.41) is 4.23. The van der Waals surface area contributed by atoms with Gasteiger partial charge in [-0.2, -0.15) is 5.10 Å². The van der Waals surface area contributed by atoms with Crippen LogP contribution in [0.4, 0.5) is 5.69 Å². The Morgan fingerprint density at radius 3 is 2.86 bits per heavy atom. The number of carbonyl (C=O) groups is 1. The molecule has 1 aromatic carbocycles. The van der Waals surface area contributed by atoms with Crippen molar-refractivity contribution in [3.63, 3.8) is 0 Å². The Kier molecular flexibility index (Phi) is 5.55. The summed E-state index contributed by atoms with van der Waals surface area (Å²) in [4.78, 5) is 13.0. The highest BCUT2D eigenvalue weighted by molar-refractivity contribution is 5.74. The molecule has 1 aromatic heterocycles. The minimum atomic E-state index is 0.433. The quantitative estimate of drug-likeness (QED) is 0.700. The van der Waals surface area contributed by atoms with Crippen LogP contribution in [0.1, 0.15) is 11.1 Å². The zero-order valence-corrected chi connectivity index (χ0v) is 13.2. The first-order chi connectivity index (χ1) is 10.7. The summed E-state index contributed by atoms with van der Waals surface area (Å²) < 4.78 is 12.2. The number of hydrogen-bond acceptors (Lipinski definition) is 4. The van der Waals surface area contributed by atoms with Crippen molar-refractivity contribution in [2.45, 2.75) is 20.0 Å². The van der Waals surface area contributed by atoms with Crippen molar-refractivity contribution in [1.29, 1.82) is 0 Å². The number of hydrogen-bond donors (Lipinski definition) is 0. The van der Waals surface area contributed by atoms with Crippen LogP contribution in [0.2, 0.25) is 0 Å². The number of amides is 1. The van der Waals surface area contributed by atoms with Gasteiger partial charge in [-0.15, -0.1) is 0 Å². The van der Waals surface area contributed by atoms with E-state index in [-0.39, 0.29) is 0 Å². The molecular formula is C16H21N3O3. The molecule has 0 fully saturated rings. The molecule has 1 amide bonds. The average molecular weight is 303 g/mol. The van der Waals surface area contributed by atoms with E-state index in [0.717, 1.165) is 29.0 Å². The molecule has 2 rings (SSSR count). The normalized spacial score (nSPS) is 10.5. The van der Waals surface area contributed by atoms with E-state index in [1.54, 1.807) is 30.0 Å². The fraction of sp³-hybridized carbons (Fsp3) is 0.375. The van der Waals surface area contributed by atoms with Crippen LogP contribution in [0, 0.1) is 6.92 Å². The summed E-state index contributed by atoms with van der Waals surface area (Å²) in [7, 11) is 3.28. The Morgan fingerprint density at radius 1 is 1.36 bits per heavy atom. The lowest BCUT2D eigenvalue weighted by molar-refractivity contribution is -0.107. The molecule has 0 aliphatic carbocycles. The van der Waals surface area contributed by atoms with E-state index < -0.39 is 0 Å². The van der Waals surface area contributed by atoms with Crippen LogP contribution in [0.25, 0.3) is 0 Å². The maximum absolute atomic E-state index is 11.4. The Balaban J connectivity index is 2.15. The molecule has 0 bridgehead atoms. The fourth-order valence-corrected chi connectivity index (χ4v) is 2.16. The summed E-state index contributed by atoms with van der Waals surface area (Å²) in [5.41, 5.74) is 2.81. The van der Waals surface area contributed by atoms with Gasteiger partial charge >= 0.3 is 0 Å². The van der Waals surface area contributed by atoms with E-state index in [2.05, 4.69) is 5.10 Å². The molecule has 0 spiro atoms. The molecule has 6 nitrogen and oxygen atoms in total. The van der Waals surface area contributed by atoms with Crippen LogP contribution in [-0.2, 0) is 22.6 Å². The fourth-order valence-electron chi connectivity index (χ4n) is 2.16. The smallest absolute Gasteiger partial charge is 0.214 e. The average Bonchev–Trinajstić information content (AvgIpc) is 3.00. The SMILES string of the molecule is COCCn1cc(N(C=O)Cc2ccc(C)cc2OC)cn1. The molecule has 0 aliphatic heterocycles. The first kappa shape index (κ1) is 16.0. The predicted octanol–water partition coefficient (Wildman–Crippen LogP) is 2.01. The molecule has 0 saturated carbocycles. The van der Waals surface area contributed by atoms with Crippen molar-refractivity contribution in [1.82, 2.24) is 9.78 Å². The van der Waals surface area contributed by atoms with Crippen molar-refractivity contribution in [2.75, 3.05) is 25.7 Å². The van der Waals surface area contributed by atoms with Gasteiger partial charge < -0.3 is 14.4 Å². The van der Waals surface area contributed by atoms with Gasteiger partial charge in [0.1, 0.15) is 5.75 Å². The Bertz CT molecular complexity index is 625. The third-order valence-corrected chi connectivity index (χ3v) is 3.39. The van der Waals surface area contributed by atoms with Crippen molar-refractivity contribution < 1.29 is 14.3 Å². The van der Waals surface area contributed by atoms with Gasteiger partial charge in [-0.3, -0.25) is 9.48 Å². The number of rotatable bonds is 8. The monoisotopic (exact) mass is 303 g/mol. The maximum Gasteiger partial charge on any atom is 0.214 e. The molecule has 0 atom stereocenters. The van der Waals surface area contributed by atoms with E-state index in [0.29, 0.717) is 19.7 Å². The van der Waals surface area contributed by atoms with E-state index >= 15 is 0 Å². The van der Waals surface area contributed by atoms with Gasteiger partial charge in [0.25, 0.3) is 0 Å². The molecule has 22 heavy (non-hydrogen) atoms. The molecule has 0 saturated heterocycles. The van der Waals surface area contributed by atoms with Crippen LogP contribution in [0.5, 0.6) is 5.75 Å². The third kappa shape index (κ3) is 3.85. The van der Waals surface area contributed by atoms with Gasteiger partial charge in [0.15, 0.2) is 0 Å². The van der Waals surface area contributed by atoms with Crippen molar-refractivity contribution >= 4 is 12.1 Å². The third-order valence-electron chi connectivity index (χ3n) is 3.39. The zero-order chi connectivity index (χ0) is 15.9. The largest absolute Gasteiger partial charge is 0.496 e. The minimum absolute atomic E-state index is 0.433. The molecule has 6 heteroatoms. The summed E-state index contributed by atoms with van der Waals surface area (Å²) in [6, 6.07) is 5.93. The Labute approximate surface area is 130 Å². The highest BCUT2D eigenvalue weighted by Gasteiger charge is 2.12. The van der Waals surface area contributed by atoms with Gasteiger partial charge in [-0.1, -0.05) is 12.1 Å². The van der Waals surface area contributed by atoms with Gasteiger partial charge in [0, 0.05) is 18.9 Å². The topological polar surface area (TPSA) is 56.6 Å². The molecule has 2 aromatic rings. The lowest BCUT2D eigenvalue weighted by Crippen LogP contribution is -2.20. The highest BCUT2D eigenvalue weighted by Crippen LogP contribution is 2.23. The molecule has 118 valence electrons. The number of aryl methyl sites for hydroxylation is 1. The number of aromatic nitrogens is 2. The second-order valence-corrected chi connectivity index (χ2v) is 5.00. The van der Waals surface area contributed by atoms with Crippen LogP contribution in [-0.4, -0.2) is 37.0 Å². The van der Waals surface area contributed by atoms with Crippen molar-refractivity contribution in [3.05, 3.63) is 41.7 Å². The number of anilines is 1. The highest BCUT2D eigenvalue weighted by atomic mass is 16.5. The van der Waals surface area contributed by atoms with Crippen LogP contribution >= 0.6 is 0 Å². The minimum Gasteiger partial charge on any atom is -0.496 e. The predicted molar refractivity (Wildman–Crippen MR) is 84.1 cm³/mol. The van der Waals surface area contributed by atoms with Gasteiger partial charge in [-0.25, -0.2) is 0 Å². The van der Waals surface area contributed by atoms with Crippen LogP contribution in [0.15, 0.2) is 30.6 Å². The van der Waals surface area contributed by atoms with Crippen LogP contribution in [0.3, 0.4) is 0 Å². The van der Waals surface area contributed by atoms with Crippen LogP contribution < -0.4 is 9.64 Å². The molecular weight excluding hydrogens is 282 g/mol. The molecule has 0 radical (unpaired) electrons. The van der Waals surface area contributed by atoms with Crippen molar-refractivity contribution in [3.8, 4) is 5.75 Å². The second kappa shape index (κ2) is 7.61. The second-order valence-electron chi connectivity index (χ2n) is 5.00. The van der Waals surface area contributed by atoms with E-state index in [1.807, 2.05) is 31.3 Å². The number of nitrogens with zero attached hydrogens (tertiary/aromatic N) is 3.